The number of allylic oxidation sites excluding steroid dienone is 4. The van der Waals surface area contributed by atoms with Gasteiger partial charge in [0.15, 0.2) is 5.16 Å². The summed E-state index contributed by atoms with van der Waals surface area (Å²) >= 11 is 1.80. The highest BCUT2D eigenvalue weighted by atomic mass is 32.2. The predicted molar refractivity (Wildman–Crippen MR) is 106 cm³/mol. The van der Waals surface area contributed by atoms with Crippen molar-refractivity contribution < 1.29 is 0 Å². The minimum Gasteiger partial charge on any atom is -0.312 e. The summed E-state index contributed by atoms with van der Waals surface area (Å²) in [6, 6.07) is 0. The van der Waals surface area contributed by atoms with Gasteiger partial charge in [0.2, 0.25) is 0 Å². The third-order valence-electron chi connectivity index (χ3n) is 4.80. The van der Waals surface area contributed by atoms with E-state index in [0.29, 0.717) is 11.8 Å². The van der Waals surface area contributed by atoms with E-state index in [2.05, 4.69) is 37.4 Å². The van der Waals surface area contributed by atoms with E-state index in [1.807, 2.05) is 4.57 Å². The van der Waals surface area contributed by atoms with Crippen LogP contribution in [-0.2, 0) is 13.0 Å². The normalized spacial score (nSPS) is 16.8. The molecule has 0 unspecified atom stereocenters. The van der Waals surface area contributed by atoms with Crippen LogP contribution in [0.3, 0.4) is 0 Å². The maximum absolute atomic E-state index is 13.2. The molecule has 136 valence electrons. The van der Waals surface area contributed by atoms with Gasteiger partial charge < -0.3 is 5.32 Å². The molecule has 0 saturated heterocycles. The largest absolute Gasteiger partial charge is 0.312 e. The molecule has 25 heavy (non-hydrogen) atoms. The molecular formula is C20H29N3OS. The van der Waals surface area contributed by atoms with Crippen LogP contribution < -0.4 is 10.9 Å². The van der Waals surface area contributed by atoms with E-state index in [1.165, 1.54) is 25.7 Å². The first-order chi connectivity index (χ1) is 12.2. The van der Waals surface area contributed by atoms with Crippen molar-refractivity contribution in [2.24, 2.45) is 0 Å². The number of nitrogens with zero attached hydrogens (tertiary/aromatic N) is 2. The monoisotopic (exact) mass is 359 g/mol. The summed E-state index contributed by atoms with van der Waals surface area (Å²) in [6.07, 6.45) is 14.0. The Morgan fingerprint density at radius 2 is 2.08 bits per heavy atom. The van der Waals surface area contributed by atoms with E-state index >= 15 is 0 Å². The van der Waals surface area contributed by atoms with Crippen LogP contribution >= 0.6 is 11.8 Å². The van der Waals surface area contributed by atoms with Crippen LogP contribution in [0, 0.1) is 0 Å². The lowest BCUT2D eigenvalue weighted by Crippen LogP contribution is -2.35. The fourth-order valence-electron chi connectivity index (χ4n) is 3.51. The Hall–Kier alpha value is -1.33. The molecule has 0 amide bonds. The molecule has 0 bridgehead atoms. The third kappa shape index (κ3) is 4.26. The van der Waals surface area contributed by atoms with Gasteiger partial charge in [-0.3, -0.25) is 9.36 Å². The zero-order chi connectivity index (χ0) is 17.6. The first-order valence-corrected chi connectivity index (χ1v) is 10.5. The first kappa shape index (κ1) is 18.5. The molecule has 0 saturated carbocycles. The van der Waals surface area contributed by atoms with E-state index < -0.39 is 0 Å². The van der Waals surface area contributed by atoms with Crippen molar-refractivity contribution >= 4 is 17.5 Å². The molecule has 0 atom stereocenters. The molecule has 0 fully saturated rings. The molecule has 1 aliphatic carbocycles. The van der Waals surface area contributed by atoms with Crippen molar-refractivity contribution in [1.29, 1.82) is 0 Å². The number of aromatic nitrogens is 2. The number of hydrogen-bond acceptors (Lipinski definition) is 4. The molecule has 0 spiro atoms. The molecule has 5 heteroatoms. The lowest BCUT2D eigenvalue weighted by molar-refractivity contribution is 0.595. The van der Waals surface area contributed by atoms with Gasteiger partial charge in [-0.25, -0.2) is 4.98 Å². The maximum atomic E-state index is 13.2. The molecular weight excluding hydrogens is 330 g/mol. The van der Waals surface area contributed by atoms with Crippen LogP contribution in [0.5, 0.6) is 0 Å². The maximum Gasteiger partial charge on any atom is 0.263 e. The van der Waals surface area contributed by atoms with Crippen molar-refractivity contribution in [3.8, 4) is 0 Å². The number of nitrogens with one attached hydrogen (secondary N) is 1. The average molecular weight is 360 g/mol. The molecule has 1 aromatic rings. The Morgan fingerprint density at radius 1 is 1.28 bits per heavy atom. The summed E-state index contributed by atoms with van der Waals surface area (Å²) in [5.41, 5.74) is 2.95. The minimum atomic E-state index is 0.115. The molecule has 0 aromatic carbocycles. The van der Waals surface area contributed by atoms with Crippen LogP contribution in [0.2, 0.25) is 0 Å². The highest BCUT2D eigenvalue weighted by Gasteiger charge is 2.22. The van der Waals surface area contributed by atoms with Crippen LogP contribution in [0.1, 0.15) is 63.6 Å². The summed E-state index contributed by atoms with van der Waals surface area (Å²) in [5.74, 6) is 0. The van der Waals surface area contributed by atoms with Gasteiger partial charge in [-0.05, 0) is 31.8 Å². The van der Waals surface area contributed by atoms with Gasteiger partial charge >= 0.3 is 0 Å². The Labute approximate surface area is 154 Å². The Balaban J connectivity index is 2.05. The lowest BCUT2D eigenvalue weighted by Gasteiger charge is -2.23. The second-order valence-electron chi connectivity index (χ2n) is 6.81. The number of thioether (sulfide) groups is 1. The van der Waals surface area contributed by atoms with Crippen LogP contribution in [0.4, 0.5) is 0 Å². The smallest absolute Gasteiger partial charge is 0.263 e. The van der Waals surface area contributed by atoms with Gasteiger partial charge in [0.05, 0.1) is 11.3 Å². The summed E-state index contributed by atoms with van der Waals surface area (Å²) in [4.78, 5) is 18.2. The van der Waals surface area contributed by atoms with Crippen molar-refractivity contribution in [2.75, 3.05) is 6.54 Å². The second kappa shape index (κ2) is 8.86. The van der Waals surface area contributed by atoms with Gasteiger partial charge in [0, 0.05) is 30.5 Å². The molecule has 3 rings (SSSR count). The van der Waals surface area contributed by atoms with Crippen LogP contribution in [0.25, 0.3) is 5.70 Å². The molecule has 2 heterocycles. The first-order valence-electron chi connectivity index (χ1n) is 9.63. The summed E-state index contributed by atoms with van der Waals surface area (Å²) in [7, 11) is 0. The summed E-state index contributed by atoms with van der Waals surface area (Å²) in [6.45, 7) is 6.00. The molecule has 2 aliphatic rings. The van der Waals surface area contributed by atoms with Crippen molar-refractivity contribution in [1.82, 2.24) is 14.9 Å². The van der Waals surface area contributed by atoms with Crippen LogP contribution in [0.15, 0.2) is 28.2 Å². The van der Waals surface area contributed by atoms with Gasteiger partial charge in [-0.1, -0.05) is 50.6 Å². The number of hydrogen-bond donors (Lipinski definition) is 1. The summed E-state index contributed by atoms with van der Waals surface area (Å²) in [5, 5.41) is 4.73. The Morgan fingerprint density at radius 3 is 2.76 bits per heavy atom. The predicted octanol–water partition coefficient (Wildman–Crippen LogP) is 4.14. The van der Waals surface area contributed by atoms with Crippen molar-refractivity contribution in [3.63, 3.8) is 0 Å². The van der Waals surface area contributed by atoms with E-state index in [-0.39, 0.29) is 5.56 Å². The minimum absolute atomic E-state index is 0.115. The molecule has 0 radical (unpaired) electrons. The number of rotatable bonds is 7. The SMILES string of the molecule is CCCC(CCC)Sc1nc2c(c(=O)n1C1=CCCC=C1)CNCC2. The topological polar surface area (TPSA) is 46.9 Å². The third-order valence-corrected chi connectivity index (χ3v) is 6.09. The van der Waals surface area contributed by atoms with E-state index in [1.54, 1.807) is 11.8 Å². The highest BCUT2D eigenvalue weighted by Crippen LogP contribution is 2.30. The van der Waals surface area contributed by atoms with Crippen molar-refractivity contribution in [2.45, 2.75) is 75.7 Å². The second-order valence-corrected chi connectivity index (χ2v) is 8.08. The van der Waals surface area contributed by atoms with Gasteiger partial charge in [0.25, 0.3) is 5.56 Å². The molecule has 1 aromatic heterocycles. The van der Waals surface area contributed by atoms with E-state index in [4.69, 9.17) is 4.98 Å². The van der Waals surface area contributed by atoms with Gasteiger partial charge in [-0.15, -0.1) is 0 Å². The Bertz CT molecular complexity index is 714. The standard InChI is InChI=1S/C20H29N3OS/c1-3-8-16(9-4-2)25-20-22-18-12-13-21-14-17(18)19(24)23(20)15-10-6-5-7-11-15/h6,10-11,16,21H,3-5,7-9,12-14H2,1-2H3. The summed E-state index contributed by atoms with van der Waals surface area (Å²) < 4.78 is 1.87. The average Bonchev–Trinajstić information content (AvgIpc) is 2.63. The Kier molecular flexibility index (Phi) is 6.54. The highest BCUT2D eigenvalue weighted by molar-refractivity contribution is 7.99. The van der Waals surface area contributed by atoms with Crippen molar-refractivity contribution in [3.05, 3.63) is 39.8 Å². The molecule has 1 N–H and O–H groups in total. The zero-order valence-corrected chi connectivity index (χ0v) is 16.2. The van der Waals surface area contributed by atoms with E-state index in [0.717, 1.165) is 47.9 Å². The van der Waals surface area contributed by atoms with Gasteiger partial charge in [-0.2, -0.15) is 0 Å². The quantitative estimate of drug-likeness (QED) is 0.587. The number of fused-ring (bicyclic) bond motifs is 1. The van der Waals surface area contributed by atoms with E-state index in [9.17, 15) is 4.79 Å². The lowest BCUT2D eigenvalue weighted by atomic mass is 10.1. The molecule has 4 nitrogen and oxygen atoms in total. The molecule has 1 aliphatic heterocycles. The fraction of sp³-hybridized carbons (Fsp3) is 0.600. The zero-order valence-electron chi connectivity index (χ0n) is 15.4. The fourth-order valence-corrected chi connectivity index (χ4v) is 4.97. The van der Waals surface area contributed by atoms with Crippen LogP contribution in [-0.4, -0.2) is 21.3 Å². The van der Waals surface area contributed by atoms with Gasteiger partial charge in [0.1, 0.15) is 0 Å².